The first-order valence-corrected chi connectivity index (χ1v) is 6.88. The summed E-state index contributed by atoms with van der Waals surface area (Å²) in [5.41, 5.74) is -0.469. The minimum atomic E-state index is -0.688. The van der Waals surface area contributed by atoms with E-state index in [1.54, 1.807) is 39.0 Å². The molecule has 2 rings (SSSR count). The third-order valence-corrected chi connectivity index (χ3v) is 2.87. The Kier molecular flexibility index (Phi) is 4.54. The number of rotatable bonds is 3. The zero-order chi connectivity index (χ0) is 16.3. The summed E-state index contributed by atoms with van der Waals surface area (Å²) in [6.45, 7) is 5.14. The molecule has 22 heavy (non-hydrogen) atoms. The van der Waals surface area contributed by atoms with Gasteiger partial charge in [-0.2, -0.15) is 0 Å². The summed E-state index contributed by atoms with van der Waals surface area (Å²) in [5, 5.41) is 0. The van der Waals surface area contributed by atoms with E-state index < -0.39 is 23.2 Å². The van der Waals surface area contributed by atoms with Crippen LogP contribution in [0, 0.1) is 11.6 Å². The molecule has 0 fully saturated rings. The summed E-state index contributed by atoms with van der Waals surface area (Å²) >= 11 is 0. The first-order valence-electron chi connectivity index (χ1n) is 6.88. The van der Waals surface area contributed by atoms with E-state index in [9.17, 15) is 13.6 Å². The third-order valence-electron chi connectivity index (χ3n) is 2.87. The Bertz CT molecular complexity index is 679. The van der Waals surface area contributed by atoms with E-state index in [4.69, 9.17) is 4.74 Å². The predicted octanol–water partition coefficient (Wildman–Crippen LogP) is 3.91. The molecule has 0 N–H and O–H groups in total. The highest BCUT2D eigenvalue weighted by Gasteiger charge is 2.22. The lowest BCUT2D eigenvalue weighted by Gasteiger charge is -2.20. The number of carbonyl (C=O) groups excluding carboxylic acids is 1. The minimum absolute atomic E-state index is 0.00791. The SMILES string of the molecule is CC(C)(C)OC(=O)Cc1c(F)ccc(F)c1-c1ccccn1. The molecule has 0 spiro atoms. The van der Waals surface area contributed by atoms with Gasteiger partial charge in [0.1, 0.15) is 17.2 Å². The molecule has 2 aromatic rings. The number of carbonyl (C=O) groups is 1. The molecule has 0 atom stereocenters. The van der Waals surface area contributed by atoms with Crippen LogP contribution in [-0.2, 0) is 16.0 Å². The molecule has 0 saturated heterocycles. The van der Waals surface area contributed by atoms with E-state index in [-0.39, 0.29) is 23.2 Å². The highest BCUT2D eigenvalue weighted by molar-refractivity contribution is 5.77. The predicted molar refractivity (Wildman–Crippen MR) is 79.1 cm³/mol. The third kappa shape index (κ3) is 3.87. The first-order chi connectivity index (χ1) is 10.3. The van der Waals surface area contributed by atoms with Crippen molar-refractivity contribution in [1.29, 1.82) is 0 Å². The highest BCUT2D eigenvalue weighted by atomic mass is 19.1. The lowest BCUT2D eigenvalue weighted by molar-refractivity contribution is -0.153. The average molecular weight is 305 g/mol. The van der Waals surface area contributed by atoms with Crippen LogP contribution in [0.25, 0.3) is 11.3 Å². The van der Waals surface area contributed by atoms with Gasteiger partial charge in [0.15, 0.2) is 0 Å². The number of aromatic nitrogens is 1. The number of pyridine rings is 1. The van der Waals surface area contributed by atoms with Crippen molar-refractivity contribution in [2.45, 2.75) is 32.8 Å². The van der Waals surface area contributed by atoms with Crippen LogP contribution < -0.4 is 0 Å². The fourth-order valence-electron chi connectivity index (χ4n) is 2.08. The second-order valence-corrected chi connectivity index (χ2v) is 5.86. The Morgan fingerprint density at radius 1 is 1.14 bits per heavy atom. The molecule has 1 aromatic carbocycles. The van der Waals surface area contributed by atoms with E-state index in [0.717, 1.165) is 12.1 Å². The monoisotopic (exact) mass is 305 g/mol. The van der Waals surface area contributed by atoms with Gasteiger partial charge in [-0.3, -0.25) is 9.78 Å². The van der Waals surface area contributed by atoms with Gasteiger partial charge in [0.2, 0.25) is 0 Å². The van der Waals surface area contributed by atoms with Crippen molar-refractivity contribution in [1.82, 2.24) is 4.98 Å². The maximum absolute atomic E-state index is 14.1. The normalized spacial score (nSPS) is 11.3. The Balaban J connectivity index is 2.43. The van der Waals surface area contributed by atoms with Crippen molar-refractivity contribution >= 4 is 5.97 Å². The molecule has 5 heteroatoms. The van der Waals surface area contributed by atoms with Crippen LogP contribution >= 0.6 is 0 Å². The van der Waals surface area contributed by atoms with Crippen LogP contribution in [0.15, 0.2) is 36.5 Å². The molecule has 0 unspecified atom stereocenters. The standard InChI is InChI=1S/C17H17F2NO2/c1-17(2,3)22-15(21)10-11-12(18)7-8-13(19)16(11)14-6-4-5-9-20-14/h4-9H,10H2,1-3H3. The molecule has 0 amide bonds. The second kappa shape index (κ2) is 6.22. The molecule has 0 saturated carbocycles. The van der Waals surface area contributed by atoms with E-state index in [2.05, 4.69) is 4.98 Å². The number of nitrogens with zero attached hydrogens (tertiary/aromatic N) is 1. The van der Waals surface area contributed by atoms with Crippen molar-refractivity contribution in [2.24, 2.45) is 0 Å². The van der Waals surface area contributed by atoms with Gasteiger partial charge in [-0.05, 0) is 45.0 Å². The van der Waals surface area contributed by atoms with Crippen LogP contribution in [0.2, 0.25) is 0 Å². The molecule has 116 valence electrons. The highest BCUT2D eigenvalue weighted by Crippen LogP contribution is 2.28. The van der Waals surface area contributed by atoms with Crippen LogP contribution in [0.5, 0.6) is 0 Å². The largest absolute Gasteiger partial charge is 0.460 e. The van der Waals surface area contributed by atoms with E-state index >= 15 is 0 Å². The van der Waals surface area contributed by atoms with Crippen molar-refractivity contribution in [2.75, 3.05) is 0 Å². The van der Waals surface area contributed by atoms with E-state index in [0.29, 0.717) is 0 Å². The lowest BCUT2D eigenvalue weighted by Crippen LogP contribution is -2.25. The van der Waals surface area contributed by atoms with Crippen LogP contribution in [0.4, 0.5) is 8.78 Å². The number of hydrogen-bond acceptors (Lipinski definition) is 3. The zero-order valence-electron chi connectivity index (χ0n) is 12.7. The number of halogens is 2. The van der Waals surface area contributed by atoms with Gasteiger partial charge in [-0.25, -0.2) is 8.78 Å². The Hall–Kier alpha value is -2.30. The zero-order valence-corrected chi connectivity index (χ0v) is 12.7. The first kappa shape index (κ1) is 16.1. The maximum atomic E-state index is 14.1. The van der Waals surface area contributed by atoms with Gasteiger partial charge >= 0.3 is 5.97 Å². The quantitative estimate of drug-likeness (QED) is 0.807. The summed E-state index contributed by atoms with van der Waals surface area (Å²) in [6.07, 6.45) is 1.13. The Morgan fingerprint density at radius 3 is 2.41 bits per heavy atom. The summed E-state index contributed by atoms with van der Waals surface area (Å²) in [4.78, 5) is 16.0. The molecule has 0 aliphatic heterocycles. The van der Waals surface area contributed by atoms with Gasteiger partial charge in [0, 0.05) is 17.3 Å². The van der Waals surface area contributed by atoms with Crippen LogP contribution in [0.3, 0.4) is 0 Å². The smallest absolute Gasteiger partial charge is 0.310 e. The number of hydrogen-bond donors (Lipinski definition) is 0. The Labute approximate surface area is 128 Å². The molecule has 1 heterocycles. The van der Waals surface area contributed by atoms with E-state index in [1.165, 1.54) is 6.20 Å². The van der Waals surface area contributed by atoms with E-state index in [1.807, 2.05) is 0 Å². The molecular formula is C17H17F2NO2. The molecule has 0 radical (unpaired) electrons. The second-order valence-electron chi connectivity index (χ2n) is 5.86. The fourth-order valence-corrected chi connectivity index (χ4v) is 2.08. The number of ether oxygens (including phenoxy) is 1. The van der Waals surface area contributed by atoms with Crippen LogP contribution in [0.1, 0.15) is 26.3 Å². The average Bonchev–Trinajstić information content (AvgIpc) is 2.42. The number of esters is 1. The Morgan fingerprint density at radius 2 is 1.82 bits per heavy atom. The van der Waals surface area contributed by atoms with Gasteiger partial charge in [0.05, 0.1) is 12.1 Å². The maximum Gasteiger partial charge on any atom is 0.310 e. The molecule has 0 aliphatic rings. The number of benzene rings is 1. The summed E-state index contributed by atoms with van der Waals surface area (Å²) in [7, 11) is 0. The molecule has 0 bridgehead atoms. The van der Waals surface area contributed by atoms with Crippen molar-refractivity contribution in [3.8, 4) is 11.3 Å². The topological polar surface area (TPSA) is 39.2 Å². The van der Waals surface area contributed by atoms with Gasteiger partial charge in [-0.1, -0.05) is 6.07 Å². The van der Waals surface area contributed by atoms with Crippen molar-refractivity contribution in [3.63, 3.8) is 0 Å². The van der Waals surface area contributed by atoms with Crippen LogP contribution in [-0.4, -0.2) is 16.6 Å². The van der Waals surface area contributed by atoms with Gasteiger partial charge in [-0.15, -0.1) is 0 Å². The summed E-state index contributed by atoms with van der Waals surface area (Å²) in [6, 6.07) is 6.94. The molecular weight excluding hydrogens is 288 g/mol. The van der Waals surface area contributed by atoms with Gasteiger partial charge < -0.3 is 4.74 Å². The minimum Gasteiger partial charge on any atom is -0.460 e. The summed E-state index contributed by atoms with van der Waals surface area (Å²) in [5.74, 6) is -1.90. The molecule has 3 nitrogen and oxygen atoms in total. The summed E-state index contributed by atoms with van der Waals surface area (Å²) < 4.78 is 33.4. The fraction of sp³-hybridized carbons (Fsp3) is 0.294. The van der Waals surface area contributed by atoms with Gasteiger partial charge in [0.25, 0.3) is 0 Å². The lowest BCUT2D eigenvalue weighted by atomic mass is 9.99. The van der Waals surface area contributed by atoms with Crippen molar-refractivity contribution < 1.29 is 18.3 Å². The van der Waals surface area contributed by atoms with Crippen molar-refractivity contribution in [3.05, 3.63) is 53.7 Å². The molecule has 1 aromatic heterocycles. The molecule has 0 aliphatic carbocycles.